The van der Waals surface area contributed by atoms with Crippen LogP contribution in [-0.4, -0.2) is 26.1 Å². The molecule has 0 amide bonds. The molecule has 1 N–H and O–H groups in total. The zero-order chi connectivity index (χ0) is 22.6. The van der Waals surface area contributed by atoms with Crippen molar-refractivity contribution in [2.75, 3.05) is 11.9 Å². The molecule has 1 fully saturated rings. The molecule has 0 unspecified atom stereocenters. The van der Waals surface area contributed by atoms with Gasteiger partial charge in [0.05, 0.1) is 23.5 Å². The zero-order valence-corrected chi connectivity index (χ0v) is 18.4. The van der Waals surface area contributed by atoms with Crippen molar-refractivity contribution < 1.29 is 4.39 Å². The molecule has 6 rings (SSSR count). The first-order valence-electron chi connectivity index (χ1n) is 11.3. The van der Waals surface area contributed by atoms with Crippen molar-refractivity contribution in [2.24, 2.45) is 5.41 Å². The molecule has 166 valence electrons. The Hall–Kier alpha value is -3.74. The Morgan fingerprint density at radius 2 is 1.79 bits per heavy atom. The van der Waals surface area contributed by atoms with Gasteiger partial charge >= 0.3 is 0 Å². The molecule has 1 aliphatic heterocycles. The number of nitrogens with one attached hydrogen (secondary N) is 1. The Morgan fingerprint density at radius 1 is 1.00 bits per heavy atom. The van der Waals surface area contributed by atoms with Gasteiger partial charge in [-0.1, -0.05) is 24.6 Å². The van der Waals surface area contributed by atoms with Crippen LogP contribution in [-0.2, 0) is 6.54 Å². The van der Waals surface area contributed by atoms with Crippen molar-refractivity contribution in [1.29, 1.82) is 0 Å². The van der Waals surface area contributed by atoms with E-state index in [9.17, 15) is 9.18 Å². The van der Waals surface area contributed by atoms with Gasteiger partial charge in [0.2, 0.25) is 0 Å². The molecule has 2 aromatic carbocycles. The fourth-order valence-corrected chi connectivity index (χ4v) is 4.98. The number of fused-ring (bicyclic) bond motifs is 1. The molecular weight excluding hydrogens is 417 g/mol. The van der Waals surface area contributed by atoms with E-state index in [1.165, 1.54) is 36.1 Å². The second-order valence-corrected chi connectivity index (χ2v) is 9.20. The van der Waals surface area contributed by atoms with Crippen LogP contribution in [0, 0.1) is 18.2 Å². The average molecular weight is 442 g/mol. The minimum Gasteiger partial charge on any atom is -0.369 e. The van der Waals surface area contributed by atoms with E-state index in [-0.39, 0.29) is 16.8 Å². The molecule has 2 aromatic heterocycles. The minimum atomic E-state index is -0.290. The van der Waals surface area contributed by atoms with Crippen LogP contribution in [0.2, 0.25) is 0 Å². The van der Waals surface area contributed by atoms with E-state index >= 15 is 0 Å². The SMILES string of the molecule is Cc1ccccc1-n1nc(-c2c(-c3ccc(F)cc3)nn3c2NCC2(CCC2)C3)ccc1=O. The van der Waals surface area contributed by atoms with Gasteiger partial charge in [0.1, 0.15) is 17.3 Å². The van der Waals surface area contributed by atoms with Crippen molar-refractivity contribution in [3.05, 3.63) is 82.4 Å². The largest absolute Gasteiger partial charge is 0.369 e. The van der Waals surface area contributed by atoms with Gasteiger partial charge < -0.3 is 5.32 Å². The summed E-state index contributed by atoms with van der Waals surface area (Å²) in [6.07, 6.45) is 3.63. The normalized spacial score (nSPS) is 16.2. The quantitative estimate of drug-likeness (QED) is 0.496. The predicted octanol–water partition coefficient (Wildman–Crippen LogP) is 4.81. The molecule has 0 radical (unpaired) electrons. The first-order valence-corrected chi connectivity index (χ1v) is 11.3. The van der Waals surface area contributed by atoms with Gasteiger partial charge in [-0.2, -0.15) is 14.9 Å². The summed E-state index contributed by atoms with van der Waals surface area (Å²) >= 11 is 0. The van der Waals surface area contributed by atoms with E-state index in [0.29, 0.717) is 5.69 Å². The van der Waals surface area contributed by atoms with Crippen LogP contribution in [0.4, 0.5) is 10.2 Å². The number of benzene rings is 2. The maximum atomic E-state index is 13.6. The lowest BCUT2D eigenvalue weighted by atomic mass is 9.68. The summed E-state index contributed by atoms with van der Waals surface area (Å²) in [6.45, 7) is 3.70. The van der Waals surface area contributed by atoms with Gasteiger partial charge in [0.15, 0.2) is 0 Å². The van der Waals surface area contributed by atoms with Crippen molar-refractivity contribution in [2.45, 2.75) is 32.7 Å². The van der Waals surface area contributed by atoms with Crippen LogP contribution in [0.15, 0.2) is 65.5 Å². The molecule has 7 heteroatoms. The van der Waals surface area contributed by atoms with E-state index < -0.39 is 0 Å². The minimum absolute atomic E-state index is 0.196. The summed E-state index contributed by atoms with van der Waals surface area (Å²) in [4.78, 5) is 12.7. The van der Waals surface area contributed by atoms with Gasteiger partial charge in [0.25, 0.3) is 5.56 Å². The van der Waals surface area contributed by atoms with E-state index in [2.05, 4.69) is 5.32 Å². The topological polar surface area (TPSA) is 64.7 Å². The monoisotopic (exact) mass is 441 g/mol. The van der Waals surface area contributed by atoms with Gasteiger partial charge in [-0.3, -0.25) is 4.79 Å². The third-order valence-corrected chi connectivity index (χ3v) is 7.00. The summed E-state index contributed by atoms with van der Waals surface area (Å²) in [6, 6.07) is 17.3. The number of nitrogens with zero attached hydrogens (tertiary/aromatic N) is 4. The van der Waals surface area contributed by atoms with Gasteiger partial charge in [-0.05, 0) is 61.7 Å². The highest BCUT2D eigenvalue weighted by Gasteiger charge is 2.42. The van der Waals surface area contributed by atoms with Crippen molar-refractivity contribution in [3.63, 3.8) is 0 Å². The summed E-state index contributed by atoms with van der Waals surface area (Å²) in [5.41, 5.74) is 4.79. The average Bonchev–Trinajstić information content (AvgIpc) is 3.18. The number of rotatable bonds is 3. The van der Waals surface area contributed by atoms with Crippen LogP contribution in [0.3, 0.4) is 0 Å². The van der Waals surface area contributed by atoms with Crippen LogP contribution >= 0.6 is 0 Å². The highest BCUT2D eigenvalue weighted by molar-refractivity contribution is 5.87. The fraction of sp³-hybridized carbons (Fsp3) is 0.269. The number of para-hydroxylation sites is 1. The van der Waals surface area contributed by atoms with E-state index in [4.69, 9.17) is 10.2 Å². The predicted molar refractivity (Wildman–Crippen MR) is 126 cm³/mol. The summed E-state index contributed by atoms with van der Waals surface area (Å²) < 4.78 is 17.1. The third kappa shape index (κ3) is 3.26. The van der Waals surface area contributed by atoms with Crippen LogP contribution in [0.5, 0.6) is 0 Å². The highest BCUT2D eigenvalue weighted by atomic mass is 19.1. The van der Waals surface area contributed by atoms with Crippen molar-refractivity contribution >= 4 is 5.82 Å². The maximum absolute atomic E-state index is 13.6. The van der Waals surface area contributed by atoms with E-state index in [1.54, 1.807) is 24.3 Å². The Bertz CT molecular complexity index is 1420. The summed E-state index contributed by atoms with van der Waals surface area (Å²) in [5, 5.41) is 13.3. The highest BCUT2D eigenvalue weighted by Crippen LogP contribution is 2.48. The number of hydrogen-bond acceptors (Lipinski definition) is 4. The third-order valence-electron chi connectivity index (χ3n) is 7.00. The Morgan fingerprint density at radius 3 is 2.52 bits per heavy atom. The molecular formula is C26H24FN5O. The molecule has 1 aliphatic carbocycles. The van der Waals surface area contributed by atoms with Gasteiger partial charge in [-0.15, -0.1) is 0 Å². The smallest absolute Gasteiger partial charge is 0.271 e. The number of halogens is 1. The zero-order valence-electron chi connectivity index (χ0n) is 18.4. The number of aromatic nitrogens is 4. The molecule has 6 nitrogen and oxygen atoms in total. The number of anilines is 1. The first-order chi connectivity index (χ1) is 16.0. The summed E-state index contributed by atoms with van der Waals surface area (Å²) in [7, 11) is 0. The Kier molecular flexibility index (Phi) is 4.47. The van der Waals surface area contributed by atoms with E-state index in [0.717, 1.165) is 47.0 Å². The Labute approximate surface area is 190 Å². The molecule has 3 heterocycles. The number of hydrogen-bond donors (Lipinski definition) is 1. The molecule has 0 saturated heterocycles. The maximum Gasteiger partial charge on any atom is 0.271 e. The first kappa shape index (κ1) is 19.9. The van der Waals surface area contributed by atoms with Gasteiger partial charge in [0, 0.05) is 23.6 Å². The molecule has 33 heavy (non-hydrogen) atoms. The van der Waals surface area contributed by atoms with Crippen LogP contribution in [0.1, 0.15) is 24.8 Å². The van der Waals surface area contributed by atoms with Crippen LogP contribution in [0.25, 0.3) is 28.2 Å². The molecule has 2 aliphatic rings. The van der Waals surface area contributed by atoms with Crippen molar-refractivity contribution in [1.82, 2.24) is 19.6 Å². The molecule has 0 bridgehead atoms. The fourth-order valence-electron chi connectivity index (χ4n) is 4.98. The van der Waals surface area contributed by atoms with Crippen LogP contribution < -0.4 is 10.9 Å². The lowest BCUT2D eigenvalue weighted by molar-refractivity contribution is 0.109. The second kappa shape index (κ2) is 7.40. The van der Waals surface area contributed by atoms with E-state index in [1.807, 2.05) is 35.9 Å². The lowest BCUT2D eigenvalue weighted by Crippen LogP contribution is -2.44. The molecule has 4 aromatic rings. The van der Waals surface area contributed by atoms with Crippen molar-refractivity contribution in [3.8, 4) is 28.2 Å². The number of aryl methyl sites for hydroxylation is 1. The van der Waals surface area contributed by atoms with Gasteiger partial charge in [-0.25, -0.2) is 9.07 Å². The molecule has 1 spiro atoms. The molecule has 1 saturated carbocycles. The summed E-state index contributed by atoms with van der Waals surface area (Å²) in [5.74, 6) is 0.608. The second-order valence-electron chi connectivity index (χ2n) is 9.20. The Balaban J connectivity index is 1.55. The molecule has 0 atom stereocenters. The lowest BCUT2D eigenvalue weighted by Gasteiger charge is -2.45. The standard InChI is InChI=1S/C26H24FN5O/c1-17-5-2-3-6-21(17)32-22(33)12-11-20(29-32)23-24(18-7-9-19(27)10-8-18)30-31-16-26(13-4-14-26)15-28-25(23)31/h2-3,5-12,28H,4,13-16H2,1H3.